The van der Waals surface area contributed by atoms with Crippen LogP contribution in [0.2, 0.25) is 0 Å². The van der Waals surface area contributed by atoms with Gasteiger partial charge in [0.1, 0.15) is 11.4 Å². The van der Waals surface area contributed by atoms with Crippen molar-refractivity contribution in [1.82, 2.24) is 13.9 Å². The third kappa shape index (κ3) is 4.76. The lowest BCUT2D eigenvalue weighted by Crippen LogP contribution is -2.27. The van der Waals surface area contributed by atoms with Crippen LogP contribution in [0.1, 0.15) is 0 Å². The molecule has 2 heterocycles. The Labute approximate surface area is 202 Å². The normalized spacial score (nSPS) is 11.8. The number of anilines is 1. The van der Waals surface area contributed by atoms with Crippen molar-refractivity contribution in [2.24, 2.45) is 0 Å². The maximum absolute atomic E-state index is 13.1. The molecule has 0 saturated carbocycles. The summed E-state index contributed by atoms with van der Waals surface area (Å²) in [5.74, 6) is -0.429. The highest BCUT2D eigenvalue weighted by molar-refractivity contribution is 9.10. The van der Waals surface area contributed by atoms with Crippen molar-refractivity contribution >= 4 is 59.1 Å². The lowest BCUT2D eigenvalue weighted by Gasteiger charge is -2.12. The summed E-state index contributed by atoms with van der Waals surface area (Å²) in [5.41, 5.74) is 1.78. The maximum Gasteiger partial charge on any atom is 0.263 e. The van der Waals surface area contributed by atoms with E-state index in [0.717, 1.165) is 19.9 Å². The van der Waals surface area contributed by atoms with Gasteiger partial charge in [-0.05, 0) is 42.0 Å². The van der Waals surface area contributed by atoms with Crippen LogP contribution in [0.5, 0.6) is 0 Å². The van der Waals surface area contributed by atoms with Gasteiger partial charge >= 0.3 is 0 Å². The Bertz CT molecular complexity index is 1490. The van der Waals surface area contributed by atoms with E-state index in [9.17, 15) is 18.0 Å². The van der Waals surface area contributed by atoms with Gasteiger partial charge < -0.3 is 5.32 Å². The van der Waals surface area contributed by atoms with E-state index >= 15 is 0 Å². The fourth-order valence-electron chi connectivity index (χ4n) is 3.20. The molecule has 0 aliphatic rings. The van der Waals surface area contributed by atoms with E-state index in [1.54, 1.807) is 0 Å². The standard InChI is InChI=1S/C22H19BrN4O4S2/c1-26(2)33(30,31)17-9-7-16(8-10-17)25-19(28)11-27-13-24-21-20(22(27)29)18(12-32-21)14-3-5-15(23)6-4-14/h3-10,12-13H,11H2,1-2H3,(H,25,28). The third-order valence-electron chi connectivity index (χ3n) is 4.95. The topological polar surface area (TPSA) is 101 Å². The van der Waals surface area contributed by atoms with Crippen LogP contribution in [0, 0.1) is 0 Å². The minimum atomic E-state index is -3.56. The Hall–Kier alpha value is -2.86. The van der Waals surface area contributed by atoms with Crippen LogP contribution in [-0.4, -0.2) is 42.3 Å². The molecule has 0 unspecified atom stereocenters. The van der Waals surface area contributed by atoms with Crippen LogP contribution < -0.4 is 10.9 Å². The quantitative estimate of drug-likeness (QED) is 0.396. The molecule has 170 valence electrons. The van der Waals surface area contributed by atoms with Crippen molar-refractivity contribution in [3.05, 3.63) is 75.1 Å². The van der Waals surface area contributed by atoms with Gasteiger partial charge in [-0.1, -0.05) is 28.1 Å². The number of fused-ring (bicyclic) bond motifs is 1. The van der Waals surface area contributed by atoms with E-state index in [-0.39, 0.29) is 17.0 Å². The second-order valence-electron chi connectivity index (χ2n) is 7.37. The highest BCUT2D eigenvalue weighted by Crippen LogP contribution is 2.31. The molecule has 0 saturated heterocycles. The SMILES string of the molecule is CN(C)S(=O)(=O)c1ccc(NC(=O)Cn2cnc3scc(-c4ccc(Br)cc4)c3c2=O)cc1. The number of rotatable bonds is 6. The molecule has 0 fully saturated rings. The van der Waals surface area contributed by atoms with Gasteiger partial charge in [0, 0.05) is 35.2 Å². The minimum Gasteiger partial charge on any atom is -0.325 e. The highest BCUT2D eigenvalue weighted by atomic mass is 79.9. The fourth-order valence-corrected chi connectivity index (χ4v) is 5.27. The van der Waals surface area contributed by atoms with Crippen molar-refractivity contribution in [2.45, 2.75) is 11.4 Å². The van der Waals surface area contributed by atoms with Gasteiger partial charge in [-0.3, -0.25) is 14.2 Å². The maximum atomic E-state index is 13.1. The van der Waals surface area contributed by atoms with E-state index < -0.39 is 15.9 Å². The van der Waals surface area contributed by atoms with Crippen LogP contribution >= 0.6 is 27.3 Å². The molecule has 2 aromatic carbocycles. The Kier molecular flexibility index (Phi) is 6.48. The zero-order valence-electron chi connectivity index (χ0n) is 17.6. The molecule has 4 aromatic rings. The molecule has 11 heteroatoms. The average Bonchev–Trinajstić information content (AvgIpc) is 3.21. The first-order valence-electron chi connectivity index (χ1n) is 9.72. The van der Waals surface area contributed by atoms with Crippen LogP contribution in [0.25, 0.3) is 21.3 Å². The lowest BCUT2D eigenvalue weighted by molar-refractivity contribution is -0.116. The zero-order chi connectivity index (χ0) is 23.8. The van der Waals surface area contributed by atoms with E-state index in [1.165, 1.54) is 60.6 Å². The number of halogens is 1. The summed E-state index contributed by atoms with van der Waals surface area (Å²) in [6, 6.07) is 13.5. The summed E-state index contributed by atoms with van der Waals surface area (Å²) in [5, 5.41) is 5.04. The summed E-state index contributed by atoms with van der Waals surface area (Å²) in [7, 11) is -0.660. The number of hydrogen-bond donors (Lipinski definition) is 1. The molecule has 0 spiro atoms. The van der Waals surface area contributed by atoms with Gasteiger partial charge in [0.25, 0.3) is 5.56 Å². The van der Waals surface area contributed by atoms with E-state index in [0.29, 0.717) is 15.9 Å². The summed E-state index contributed by atoms with van der Waals surface area (Å²) in [6.45, 7) is -0.227. The highest BCUT2D eigenvalue weighted by Gasteiger charge is 2.17. The van der Waals surface area contributed by atoms with Crippen LogP contribution in [0.4, 0.5) is 5.69 Å². The first-order chi connectivity index (χ1) is 15.7. The van der Waals surface area contributed by atoms with Gasteiger partial charge in [0.2, 0.25) is 15.9 Å². The van der Waals surface area contributed by atoms with Crippen LogP contribution in [0.15, 0.2) is 74.4 Å². The molecule has 1 N–H and O–H groups in total. The van der Waals surface area contributed by atoms with Crippen molar-refractivity contribution in [1.29, 1.82) is 0 Å². The first-order valence-corrected chi connectivity index (χ1v) is 12.8. The monoisotopic (exact) mass is 546 g/mol. The molecule has 0 bridgehead atoms. The number of benzene rings is 2. The Morgan fingerprint density at radius 2 is 1.79 bits per heavy atom. The van der Waals surface area contributed by atoms with Gasteiger partial charge in [-0.15, -0.1) is 11.3 Å². The summed E-state index contributed by atoms with van der Waals surface area (Å²) >= 11 is 4.78. The Morgan fingerprint density at radius 1 is 1.12 bits per heavy atom. The molecule has 1 amide bonds. The molecule has 0 radical (unpaired) electrons. The number of carbonyl (C=O) groups is 1. The zero-order valence-corrected chi connectivity index (χ0v) is 20.9. The fraction of sp³-hybridized carbons (Fsp3) is 0.136. The molecule has 0 atom stereocenters. The van der Waals surface area contributed by atoms with Crippen molar-refractivity contribution in [3.63, 3.8) is 0 Å². The lowest BCUT2D eigenvalue weighted by atomic mass is 10.1. The molecule has 0 aliphatic heterocycles. The van der Waals surface area contributed by atoms with Gasteiger partial charge in [-0.25, -0.2) is 17.7 Å². The summed E-state index contributed by atoms with van der Waals surface area (Å²) in [4.78, 5) is 30.8. The summed E-state index contributed by atoms with van der Waals surface area (Å²) < 4.78 is 27.6. The number of nitrogens with zero attached hydrogens (tertiary/aromatic N) is 3. The van der Waals surface area contributed by atoms with Crippen LogP contribution in [0.3, 0.4) is 0 Å². The number of thiophene rings is 1. The summed E-state index contributed by atoms with van der Waals surface area (Å²) in [6.07, 6.45) is 1.36. The molecule has 2 aromatic heterocycles. The predicted molar refractivity (Wildman–Crippen MR) is 133 cm³/mol. The molecule has 4 rings (SSSR count). The molecule has 33 heavy (non-hydrogen) atoms. The van der Waals surface area contributed by atoms with Crippen molar-refractivity contribution in [2.75, 3.05) is 19.4 Å². The smallest absolute Gasteiger partial charge is 0.263 e. The second kappa shape index (κ2) is 9.18. The van der Waals surface area contributed by atoms with Gasteiger partial charge in [-0.2, -0.15) is 0 Å². The van der Waals surface area contributed by atoms with Crippen LogP contribution in [-0.2, 0) is 21.4 Å². The largest absolute Gasteiger partial charge is 0.325 e. The second-order valence-corrected chi connectivity index (χ2v) is 11.3. The Balaban J connectivity index is 1.56. The average molecular weight is 547 g/mol. The molecule has 0 aliphatic carbocycles. The van der Waals surface area contributed by atoms with E-state index in [2.05, 4.69) is 26.2 Å². The van der Waals surface area contributed by atoms with Crippen molar-refractivity contribution in [3.8, 4) is 11.1 Å². The third-order valence-corrected chi connectivity index (χ3v) is 8.19. The molecular weight excluding hydrogens is 528 g/mol. The van der Waals surface area contributed by atoms with Crippen molar-refractivity contribution < 1.29 is 13.2 Å². The van der Waals surface area contributed by atoms with Gasteiger partial charge in [0.15, 0.2) is 0 Å². The van der Waals surface area contributed by atoms with Gasteiger partial charge in [0.05, 0.1) is 16.6 Å². The number of nitrogens with one attached hydrogen (secondary N) is 1. The number of aromatic nitrogens is 2. The molecular formula is C22H19BrN4O4S2. The van der Waals surface area contributed by atoms with E-state index in [4.69, 9.17) is 0 Å². The van der Waals surface area contributed by atoms with E-state index in [1.807, 2.05) is 29.6 Å². The number of sulfonamides is 1. The number of carbonyl (C=O) groups excluding carboxylic acids is 1. The number of hydrogen-bond acceptors (Lipinski definition) is 6. The predicted octanol–water partition coefficient (Wildman–Crippen LogP) is 3.78. The molecule has 8 nitrogen and oxygen atoms in total. The minimum absolute atomic E-state index is 0.120. The first kappa shape index (κ1) is 23.3. The Morgan fingerprint density at radius 3 is 2.42 bits per heavy atom. The number of amides is 1.